The SMILES string of the molecule is Cc1ccc(CCC(=O)N2CCCC(CN)C2)cc1. The second-order valence-corrected chi connectivity index (χ2v) is 5.57. The fourth-order valence-corrected chi connectivity index (χ4v) is 2.65. The van der Waals surface area contributed by atoms with Crippen molar-refractivity contribution in [3.8, 4) is 0 Å². The highest BCUT2D eigenvalue weighted by atomic mass is 16.2. The summed E-state index contributed by atoms with van der Waals surface area (Å²) in [5, 5.41) is 0. The van der Waals surface area contributed by atoms with Crippen molar-refractivity contribution >= 4 is 5.91 Å². The van der Waals surface area contributed by atoms with Gasteiger partial charge in [0.05, 0.1) is 0 Å². The summed E-state index contributed by atoms with van der Waals surface area (Å²) in [5.74, 6) is 0.774. The minimum atomic E-state index is 0.277. The van der Waals surface area contributed by atoms with Crippen LogP contribution in [0.4, 0.5) is 0 Å². The van der Waals surface area contributed by atoms with Gasteiger partial charge in [-0.25, -0.2) is 0 Å². The number of nitrogens with zero attached hydrogens (tertiary/aromatic N) is 1. The number of carbonyl (C=O) groups is 1. The highest BCUT2D eigenvalue weighted by Gasteiger charge is 2.22. The molecule has 1 atom stereocenters. The minimum Gasteiger partial charge on any atom is -0.342 e. The van der Waals surface area contributed by atoms with Gasteiger partial charge in [-0.1, -0.05) is 29.8 Å². The maximum absolute atomic E-state index is 12.2. The monoisotopic (exact) mass is 260 g/mol. The van der Waals surface area contributed by atoms with Gasteiger partial charge in [-0.05, 0) is 44.2 Å². The van der Waals surface area contributed by atoms with Crippen LogP contribution in [0.5, 0.6) is 0 Å². The second-order valence-electron chi connectivity index (χ2n) is 5.57. The van der Waals surface area contributed by atoms with Gasteiger partial charge in [0.25, 0.3) is 0 Å². The van der Waals surface area contributed by atoms with Crippen LogP contribution in [0, 0.1) is 12.8 Å². The van der Waals surface area contributed by atoms with Crippen molar-refractivity contribution in [1.82, 2.24) is 4.90 Å². The predicted molar refractivity (Wildman–Crippen MR) is 77.9 cm³/mol. The maximum atomic E-state index is 12.2. The molecule has 19 heavy (non-hydrogen) atoms. The summed E-state index contributed by atoms with van der Waals surface area (Å²) in [5.41, 5.74) is 8.21. The molecule has 1 heterocycles. The molecule has 2 N–H and O–H groups in total. The Morgan fingerprint density at radius 1 is 1.37 bits per heavy atom. The lowest BCUT2D eigenvalue weighted by Crippen LogP contribution is -2.42. The third kappa shape index (κ3) is 4.06. The smallest absolute Gasteiger partial charge is 0.222 e. The molecule has 0 radical (unpaired) electrons. The highest BCUT2D eigenvalue weighted by molar-refractivity contribution is 5.76. The van der Waals surface area contributed by atoms with Crippen LogP contribution in [-0.2, 0) is 11.2 Å². The fraction of sp³-hybridized carbons (Fsp3) is 0.562. The summed E-state index contributed by atoms with van der Waals surface area (Å²) in [6.45, 7) is 4.53. The Morgan fingerprint density at radius 3 is 2.79 bits per heavy atom. The van der Waals surface area contributed by atoms with Crippen LogP contribution in [0.1, 0.15) is 30.4 Å². The first-order valence-corrected chi connectivity index (χ1v) is 7.22. The molecule has 2 rings (SSSR count). The van der Waals surface area contributed by atoms with E-state index in [9.17, 15) is 4.79 Å². The Labute approximate surface area is 115 Å². The molecule has 104 valence electrons. The van der Waals surface area contributed by atoms with Gasteiger partial charge in [0.1, 0.15) is 0 Å². The van der Waals surface area contributed by atoms with Crippen molar-refractivity contribution in [1.29, 1.82) is 0 Å². The Balaban J connectivity index is 1.82. The van der Waals surface area contributed by atoms with Gasteiger partial charge in [-0.3, -0.25) is 4.79 Å². The number of rotatable bonds is 4. The molecule has 3 nitrogen and oxygen atoms in total. The van der Waals surface area contributed by atoms with E-state index in [-0.39, 0.29) is 5.91 Å². The van der Waals surface area contributed by atoms with Crippen molar-refractivity contribution in [2.24, 2.45) is 11.7 Å². The lowest BCUT2D eigenvalue weighted by atomic mass is 9.97. The van der Waals surface area contributed by atoms with Crippen molar-refractivity contribution in [2.45, 2.75) is 32.6 Å². The number of carbonyl (C=O) groups excluding carboxylic acids is 1. The summed E-state index contributed by atoms with van der Waals surface area (Å²) in [6, 6.07) is 8.43. The third-order valence-corrected chi connectivity index (χ3v) is 3.95. The quantitative estimate of drug-likeness (QED) is 0.901. The number of benzene rings is 1. The lowest BCUT2D eigenvalue weighted by molar-refractivity contribution is -0.132. The van der Waals surface area contributed by atoms with Crippen LogP contribution in [0.25, 0.3) is 0 Å². The zero-order valence-electron chi connectivity index (χ0n) is 11.8. The van der Waals surface area contributed by atoms with Gasteiger partial charge in [-0.2, -0.15) is 0 Å². The number of piperidine rings is 1. The average Bonchev–Trinajstić information content (AvgIpc) is 2.46. The molecule has 1 aromatic carbocycles. The third-order valence-electron chi connectivity index (χ3n) is 3.95. The van der Waals surface area contributed by atoms with Gasteiger partial charge in [0.15, 0.2) is 0 Å². The number of hydrogen-bond donors (Lipinski definition) is 1. The molecular weight excluding hydrogens is 236 g/mol. The normalized spacial score (nSPS) is 19.5. The van der Waals surface area contributed by atoms with Gasteiger partial charge in [0.2, 0.25) is 5.91 Å². The first-order valence-electron chi connectivity index (χ1n) is 7.22. The molecule has 1 saturated heterocycles. The molecule has 1 aliphatic heterocycles. The standard InChI is InChI=1S/C16H24N2O/c1-13-4-6-14(7-5-13)8-9-16(19)18-10-2-3-15(11-17)12-18/h4-7,15H,2-3,8-12,17H2,1H3. The number of hydrogen-bond acceptors (Lipinski definition) is 2. The van der Waals surface area contributed by atoms with Gasteiger partial charge < -0.3 is 10.6 Å². The Kier molecular flexibility index (Phi) is 4.97. The molecule has 0 aliphatic carbocycles. The molecule has 0 aromatic heterocycles. The van der Waals surface area contributed by atoms with E-state index in [4.69, 9.17) is 5.73 Å². The first-order chi connectivity index (χ1) is 9.19. The van der Waals surface area contributed by atoms with E-state index < -0.39 is 0 Å². The predicted octanol–water partition coefficient (Wildman–Crippen LogP) is 2.12. The van der Waals surface area contributed by atoms with E-state index in [1.165, 1.54) is 11.1 Å². The summed E-state index contributed by atoms with van der Waals surface area (Å²) in [6.07, 6.45) is 3.71. The lowest BCUT2D eigenvalue weighted by Gasteiger charge is -2.32. The molecule has 1 fully saturated rings. The van der Waals surface area contributed by atoms with Crippen LogP contribution in [-0.4, -0.2) is 30.4 Å². The molecule has 0 spiro atoms. The van der Waals surface area contributed by atoms with E-state index in [0.29, 0.717) is 18.9 Å². The molecule has 0 bridgehead atoms. The molecule has 1 amide bonds. The van der Waals surface area contributed by atoms with E-state index in [1.54, 1.807) is 0 Å². The Hall–Kier alpha value is -1.35. The molecule has 0 saturated carbocycles. The number of likely N-dealkylation sites (tertiary alicyclic amines) is 1. The second kappa shape index (κ2) is 6.71. The summed E-state index contributed by atoms with van der Waals surface area (Å²) < 4.78 is 0. The summed E-state index contributed by atoms with van der Waals surface area (Å²) in [4.78, 5) is 14.2. The zero-order valence-corrected chi connectivity index (χ0v) is 11.8. The van der Waals surface area contributed by atoms with E-state index in [1.807, 2.05) is 4.90 Å². The van der Waals surface area contributed by atoms with Crippen LogP contribution >= 0.6 is 0 Å². The van der Waals surface area contributed by atoms with Crippen LogP contribution < -0.4 is 5.73 Å². The Bertz CT molecular complexity index is 413. The van der Waals surface area contributed by atoms with Crippen LogP contribution in [0.2, 0.25) is 0 Å². The van der Waals surface area contributed by atoms with Crippen molar-refractivity contribution in [3.63, 3.8) is 0 Å². The number of nitrogens with two attached hydrogens (primary N) is 1. The summed E-state index contributed by atoms with van der Waals surface area (Å²) >= 11 is 0. The van der Waals surface area contributed by atoms with E-state index in [2.05, 4.69) is 31.2 Å². The zero-order chi connectivity index (χ0) is 13.7. The Morgan fingerprint density at radius 2 is 2.11 bits per heavy atom. The largest absolute Gasteiger partial charge is 0.342 e. The van der Waals surface area contributed by atoms with Gasteiger partial charge in [0, 0.05) is 19.5 Å². The number of aryl methyl sites for hydroxylation is 2. The minimum absolute atomic E-state index is 0.277. The van der Waals surface area contributed by atoms with Crippen molar-refractivity contribution < 1.29 is 4.79 Å². The van der Waals surface area contributed by atoms with Gasteiger partial charge in [-0.15, -0.1) is 0 Å². The average molecular weight is 260 g/mol. The fourth-order valence-electron chi connectivity index (χ4n) is 2.65. The highest BCUT2D eigenvalue weighted by Crippen LogP contribution is 2.16. The van der Waals surface area contributed by atoms with Crippen LogP contribution in [0.15, 0.2) is 24.3 Å². The maximum Gasteiger partial charge on any atom is 0.222 e. The van der Waals surface area contributed by atoms with Crippen molar-refractivity contribution in [3.05, 3.63) is 35.4 Å². The van der Waals surface area contributed by atoms with Crippen molar-refractivity contribution in [2.75, 3.05) is 19.6 Å². The molecule has 1 aliphatic rings. The topological polar surface area (TPSA) is 46.3 Å². The molecule has 1 unspecified atom stereocenters. The summed E-state index contributed by atoms with van der Waals surface area (Å²) in [7, 11) is 0. The van der Waals surface area contributed by atoms with Gasteiger partial charge >= 0.3 is 0 Å². The van der Waals surface area contributed by atoms with E-state index in [0.717, 1.165) is 32.4 Å². The van der Waals surface area contributed by atoms with E-state index >= 15 is 0 Å². The molecule has 3 heteroatoms. The number of amides is 1. The first kappa shape index (κ1) is 14.1. The molecule has 1 aromatic rings. The van der Waals surface area contributed by atoms with Crippen LogP contribution in [0.3, 0.4) is 0 Å². The molecular formula is C16H24N2O.